The van der Waals surface area contributed by atoms with Gasteiger partial charge in [-0.1, -0.05) is 72.8 Å². The van der Waals surface area contributed by atoms with Crippen LogP contribution >= 0.6 is 0 Å². The lowest BCUT2D eigenvalue weighted by Gasteiger charge is -2.24. The predicted octanol–water partition coefficient (Wildman–Crippen LogP) is 5.54. The van der Waals surface area contributed by atoms with Gasteiger partial charge in [0.15, 0.2) is 0 Å². The molecule has 4 aromatic carbocycles. The van der Waals surface area contributed by atoms with Gasteiger partial charge in [0.25, 0.3) is 0 Å². The van der Waals surface area contributed by atoms with Gasteiger partial charge in [-0.25, -0.2) is 8.42 Å². The molecule has 1 heterocycles. The molecule has 1 atom stereocenters. The third-order valence-electron chi connectivity index (χ3n) is 6.87. The Bertz CT molecular complexity index is 1640. The van der Waals surface area contributed by atoms with Crippen molar-refractivity contribution < 1.29 is 13.2 Å². The Morgan fingerprint density at radius 3 is 2.10 bits per heavy atom. The van der Waals surface area contributed by atoms with Crippen LogP contribution in [0.2, 0.25) is 0 Å². The highest BCUT2D eigenvalue weighted by atomic mass is 32.2. The van der Waals surface area contributed by atoms with Crippen LogP contribution in [-0.2, 0) is 14.8 Å². The van der Waals surface area contributed by atoms with Gasteiger partial charge in [-0.2, -0.15) is 0 Å². The number of hydrogen-bond acceptors (Lipinski definition) is 5. The van der Waals surface area contributed by atoms with Crippen LogP contribution in [0.1, 0.15) is 17.0 Å². The SMILES string of the molecule is CN(C)CCN(c1ccc(N=C(c2ccccc2)C2C(=O)Nc3cc(-c4ccccc4)ccc32)cc1)S(C)(=O)=O. The van der Waals surface area contributed by atoms with E-state index >= 15 is 0 Å². The van der Waals surface area contributed by atoms with E-state index in [4.69, 9.17) is 4.99 Å². The number of carbonyl (C=O) groups is 1. The molecular formula is C32H32N4O3S. The fourth-order valence-electron chi connectivity index (χ4n) is 4.86. The van der Waals surface area contributed by atoms with E-state index in [-0.39, 0.29) is 5.91 Å². The summed E-state index contributed by atoms with van der Waals surface area (Å²) in [7, 11) is 0.360. The molecule has 204 valence electrons. The zero-order chi connectivity index (χ0) is 28.3. The van der Waals surface area contributed by atoms with Crippen LogP contribution in [0.25, 0.3) is 11.1 Å². The molecule has 1 amide bonds. The number of anilines is 2. The molecule has 0 saturated carbocycles. The van der Waals surface area contributed by atoms with Gasteiger partial charge in [0.2, 0.25) is 15.9 Å². The molecule has 0 saturated heterocycles. The largest absolute Gasteiger partial charge is 0.325 e. The molecule has 1 N–H and O–H groups in total. The third-order valence-corrected chi connectivity index (χ3v) is 8.07. The zero-order valence-electron chi connectivity index (χ0n) is 22.8. The number of benzene rings is 4. The molecule has 0 bridgehead atoms. The highest BCUT2D eigenvalue weighted by molar-refractivity contribution is 7.92. The van der Waals surface area contributed by atoms with E-state index in [0.29, 0.717) is 30.2 Å². The molecule has 5 rings (SSSR count). The number of nitrogens with zero attached hydrogens (tertiary/aromatic N) is 3. The number of aliphatic imine (C=N–C) groups is 1. The van der Waals surface area contributed by atoms with Gasteiger partial charge in [-0.05, 0) is 66.7 Å². The Morgan fingerprint density at radius 1 is 0.825 bits per heavy atom. The Kier molecular flexibility index (Phi) is 7.82. The summed E-state index contributed by atoms with van der Waals surface area (Å²) in [5.41, 5.74) is 6.43. The van der Waals surface area contributed by atoms with Crippen molar-refractivity contribution in [2.45, 2.75) is 5.92 Å². The fraction of sp³-hybridized carbons (Fsp3) is 0.188. The molecule has 1 aliphatic rings. The number of nitrogens with one attached hydrogen (secondary N) is 1. The zero-order valence-corrected chi connectivity index (χ0v) is 23.6. The molecule has 1 unspecified atom stereocenters. The lowest BCUT2D eigenvalue weighted by Crippen LogP contribution is -2.35. The predicted molar refractivity (Wildman–Crippen MR) is 163 cm³/mol. The van der Waals surface area contributed by atoms with Crippen LogP contribution in [0.15, 0.2) is 108 Å². The number of rotatable bonds is 9. The van der Waals surface area contributed by atoms with Gasteiger partial charge >= 0.3 is 0 Å². The Hall–Kier alpha value is -4.27. The second kappa shape index (κ2) is 11.5. The van der Waals surface area contributed by atoms with Crippen LogP contribution in [0, 0.1) is 0 Å². The molecule has 0 aromatic heterocycles. The van der Waals surface area contributed by atoms with Crippen LogP contribution in [0.4, 0.5) is 17.1 Å². The molecule has 0 aliphatic carbocycles. The number of fused-ring (bicyclic) bond motifs is 1. The first-order valence-electron chi connectivity index (χ1n) is 13.1. The summed E-state index contributed by atoms with van der Waals surface area (Å²) >= 11 is 0. The lowest BCUT2D eigenvalue weighted by atomic mass is 9.89. The first-order valence-corrected chi connectivity index (χ1v) is 14.9. The maximum absolute atomic E-state index is 13.4. The normalized spacial score (nSPS) is 15.2. The maximum atomic E-state index is 13.4. The van der Waals surface area contributed by atoms with Gasteiger partial charge < -0.3 is 10.2 Å². The average molecular weight is 553 g/mol. The minimum atomic E-state index is -3.45. The first kappa shape index (κ1) is 27.3. The molecular weight excluding hydrogens is 520 g/mol. The number of carbonyl (C=O) groups excluding carboxylic acids is 1. The van der Waals surface area contributed by atoms with Crippen molar-refractivity contribution in [2.24, 2.45) is 4.99 Å². The van der Waals surface area contributed by atoms with Crippen molar-refractivity contribution in [3.8, 4) is 11.1 Å². The van der Waals surface area contributed by atoms with Gasteiger partial charge in [0.1, 0.15) is 5.92 Å². The lowest BCUT2D eigenvalue weighted by molar-refractivity contribution is -0.115. The quantitative estimate of drug-likeness (QED) is 0.277. The van der Waals surface area contributed by atoms with E-state index in [1.165, 1.54) is 10.6 Å². The Morgan fingerprint density at radius 2 is 1.48 bits per heavy atom. The third kappa shape index (κ3) is 5.98. The number of sulfonamides is 1. The number of amides is 1. The molecule has 4 aromatic rings. The summed E-state index contributed by atoms with van der Waals surface area (Å²) in [6.07, 6.45) is 1.21. The van der Waals surface area contributed by atoms with Gasteiger partial charge in [-0.3, -0.25) is 14.1 Å². The van der Waals surface area contributed by atoms with Crippen molar-refractivity contribution in [1.82, 2.24) is 4.90 Å². The van der Waals surface area contributed by atoms with Crippen molar-refractivity contribution in [2.75, 3.05) is 43.1 Å². The first-order chi connectivity index (χ1) is 19.2. The average Bonchev–Trinajstić information content (AvgIpc) is 3.27. The van der Waals surface area contributed by atoms with Crippen molar-refractivity contribution in [3.63, 3.8) is 0 Å². The number of hydrogen-bond donors (Lipinski definition) is 1. The monoisotopic (exact) mass is 552 g/mol. The Labute approximate surface area is 235 Å². The maximum Gasteiger partial charge on any atom is 0.238 e. The van der Waals surface area contributed by atoms with Crippen molar-refractivity contribution >= 4 is 38.7 Å². The molecule has 1 aliphatic heterocycles. The molecule has 0 radical (unpaired) electrons. The van der Waals surface area contributed by atoms with Crippen LogP contribution in [-0.4, -0.2) is 58.4 Å². The fourth-order valence-corrected chi connectivity index (χ4v) is 5.78. The molecule has 7 nitrogen and oxygen atoms in total. The second-order valence-electron chi connectivity index (χ2n) is 10.1. The van der Waals surface area contributed by atoms with Gasteiger partial charge in [-0.15, -0.1) is 0 Å². The summed E-state index contributed by atoms with van der Waals surface area (Å²) < 4.78 is 26.3. The Balaban J connectivity index is 1.52. The van der Waals surface area contributed by atoms with E-state index < -0.39 is 15.9 Å². The van der Waals surface area contributed by atoms with E-state index in [2.05, 4.69) is 5.32 Å². The minimum Gasteiger partial charge on any atom is -0.325 e. The summed E-state index contributed by atoms with van der Waals surface area (Å²) in [6, 6.07) is 32.9. The summed E-state index contributed by atoms with van der Waals surface area (Å²) in [5.74, 6) is -0.721. The summed E-state index contributed by atoms with van der Waals surface area (Å²) in [5, 5.41) is 3.06. The smallest absolute Gasteiger partial charge is 0.238 e. The molecule has 0 spiro atoms. The molecule has 40 heavy (non-hydrogen) atoms. The molecule has 0 fully saturated rings. The van der Waals surface area contributed by atoms with E-state index in [0.717, 1.165) is 27.9 Å². The van der Waals surface area contributed by atoms with E-state index in [1.807, 2.05) is 97.9 Å². The highest BCUT2D eigenvalue weighted by Crippen LogP contribution is 2.39. The number of likely N-dealkylation sites (N-methyl/N-ethyl adjacent to an activating group) is 1. The van der Waals surface area contributed by atoms with Crippen molar-refractivity contribution in [1.29, 1.82) is 0 Å². The van der Waals surface area contributed by atoms with E-state index in [9.17, 15) is 13.2 Å². The van der Waals surface area contributed by atoms with Crippen LogP contribution in [0.3, 0.4) is 0 Å². The standard InChI is InChI=1S/C32H32N4O3S/c1-35(2)20-21-36(40(3,38)39)27-17-15-26(16-18-27)33-31(24-12-8-5-9-13-24)30-28-19-14-25(22-29(28)34-32(30)37)23-10-6-4-7-11-23/h4-19,22,30H,20-21H2,1-3H3,(H,34,37). The second-order valence-corrected chi connectivity index (χ2v) is 12.0. The summed E-state index contributed by atoms with van der Waals surface area (Å²) in [4.78, 5) is 20.3. The van der Waals surface area contributed by atoms with Crippen molar-refractivity contribution in [3.05, 3.63) is 114 Å². The van der Waals surface area contributed by atoms with E-state index in [1.54, 1.807) is 24.3 Å². The van der Waals surface area contributed by atoms with Gasteiger partial charge in [0.05, 0.1) is 23.3 Å². The van der Waals surface area contributed by atoms with Crippen LogP contribution in [0.5, 0.6) is 0 Å². The van der Waals surface area contributed by atoms with Gasteiger partial charge in [0, 0.05) is 18.8 Å². The highest BCUT2D eigenvalue weighted by Gasteiger charge is 2.35. The van der Waals surface area contributed by atoms with Crippen LogP contribution < -0.4 is 9.62 Å². The molecule has 8 heteroatoms. The topological polar surface area (TPSA) is 82.1 Å². The summed E-state index contributed by atoms with van der Waals surface area (Å²) in [6.45, 7) is 0.932. The minimum absolute atomic E-state index is 0.133.